The Morgan fingerprint density at radius 3 is 2.00 bits per heavy atom. The lowest BCUT2D eigenvalue weighted by Gasteiger charge is -2.35. The van der Waals surface area contributed by atoms with Crippen molar-refractivity contribution >= 4 is 0 Å². The van der Waals surface area contributed by atoms with E-state index in [1.54, 1.807) is 0 Å². The highest BCUT2D eigenvalue weighted by Crippen LogP contribution is 2.51. The third kappa shape index (κ3) is 0.409. The van der Waals surface area contributed by atoms with Gasteiger partial charge in [-0.1, -0.05) is 0 Å². The molecule has 0 bridgehead atoms. The standard InChI is InChI=1S/C5H10N2/c6-7-3-5(4-7)1-2-5/h1-4,6H2. The lowest BCUT2D eigenvalue weighted by molar-refractivity contribution is 0.0827. The van der Waals surface area contributed by atoms with E-state index in [2.05, 4.69) is 0 Å². The van der Waals surface area contributed by atoms with Gasteiger partial charge in [0.2, 0.25) is 0 Å². The minimum Gasteiger partial charge on any atom is -0.269 e. The fourth-order valence-corrected chi connectivity index (χ4v) is 1.31. The molecule has 7 heavy (non-hydrogen) atoms. The van der Waals surface area contributed by atoms with E-state index in [1.165, 1.54) is 12.8 Å². The first kappa shape index (κ1) is 3.87. The maximum Gasteiger partial charge on any atom is 0.0198 e. The molecule has 2 fully saturated rings. The second-order valence-corrected chi connectivity index (χ2v) is 2.90. The normalized spacial score (nSPS) is 35.6. The fraction of sp³-hybridized carbons (Fsp3) is 1.00. The smallest absolute Gasteiger partial charge is 0.0198 e. The van der Waals surface area contributed by atoms with E-state index in [0.29, 0.717) is 0 Å². The molecule has 0 aromatic heterocycles. The number of hydrogen-bond donors (Lipinski definition) is 1. The Kier molecular flexibility index (Phi) is 0.474. The Labute approximate surface area is 43.3 Å². The highest BCUT2D eigenvalue weighted by molar-refractivity contribution is 5.03. The van der Waals surface area contributed by atoms with E-state index in [9.17, 15) is 0 Å². The molecule has 40 valence electrons. The van der Waals surface area contributed by atoms with Gasteiger partial charge >= 0.3 is 0 Å². The van der Waals surface area contributed by atoms with Gasteiger partial charge in [-0.25, -0.2) is 5.01 Å². The number of rotatable bonds is 0. The maximum absolute atomic E-state index is 5.43. The topological polar surface area (TPSA) is 29.3 Å². The van der Waals surface area contributed by atoms with Crippen LogP contribution in [0.4, 0.5) is 0 Å². The molecule has 1 saturated carbocycles. The highest BCUT2D eigenvalue weighted by Gasteiger charge is 2.51. The minimum atomic E-state index is 0.745. The van der Waals surface area contributed by atoms with Crippen LogP contribution in [-0.4, -0.2) is 18.1 Å². The van der Waals surface area contributed by atoms with E-state index in [4.69, 9.17) is 5.84 Å². The zero-order valence-corrected chi connectivity index (χ0v) is 4.35. The van der Waals surface area contributed by atoms with Crippen LogP contribution in [0.1, 0.15) is 12.8 Å². The van der Waals surface area contributed by atoms with Gasteiger partial charge in [0.1, 0.15) is 0 Å². The van der Waals surface area contributed by atoms with Gasteiger partial charge < -0.3 is 0 Å². The highest BCUT2D eigenvalue weighted by atomic mass is 15.5. The van der Waals surface area contributed by atoms with Crippen molar-refractivity contribution in [1.82, 2.24) is 5.01 Å². The van der Waals surface area contributed by atoms with Gasteiger partial charge in [0.15, 0.2) is 0 Å². The Morgan fingerprint density at radius 2 is 1.86 bits per heavy atom. The van der Waals surface area contributed by atoms with E-state index < -0.39 is 0 Å². The van der Waals surface area contributed by atoms with E-state index >= 15 is 0 Å². The largest absolute Gasteiger partial charge is 0.269 e. The van der Waals surface area contributed by atoms with E-state index in [1.807, 2.05) is 5.01 Å². The molecule has 0 atom stereocenters. The first-order chi connectivity index (χ1) is 3.31. The van der Waals surface area contributed by atoms with Crippen LogP contribution in [0.25, 0.3) is 0 Å². The molecule has 1 spiro atoms. The van der Waals surface area contributed by atoms with Crippen molar-refractivity contribution < 1.29 is 0 Å². The Balaban J connectivity index is 1.97. The zero-order valence-electron chi connectivity index (χ0n) is 4.35. The van der Waals surface area contributed by atoms with E-state index in [-0.39, 0.29) is 0 Å². The van der Waals surface area contributed by atoms with Crippen molar-refractivity contribution in [3.63, 3.8) is 0 Å². The molecule has 1 heterocycles. The summed E-state index contributed by atoms with van der Waals surface area (Å²) in [6.07, 6.45) is 2.86. The zero-order chi connectivity index (χ0) is 4.91. The van der Waals surface area contributed by atoms with Crippen LogP contribution in [0.15, 0.2) is 0 Å². The average molecular weight is 98.1 g/mol. The first-order valence-electron chi connectivity index (χ1n) is 2.80. The molecular weight excluding hydrogens is 88.1 g/mol. The molecule has 2 rings (SSSR count). The summed E-state index contributed by atoms with van der Waals surface area (Å²) in [5, 5.41) is 1.90. The van der Waals surface area contributed by atoms with Crippen molar-refractivity contribution in [3.8, 4) is 0 Å². The molecule has 2 N–H and O–H groups in total. The van der Waals surface area contributed by atoms with Gasteiger partial charge in [0.25, 0.3) is 0 Å². The third-order valence-electron chi connectivity index (χ3n) is 2.03. The van der Waals surface area contributed by atoms with Gasteiger partial charge in [0, 0.05) is 13.1 Å². The molecule has 2 nitrogen and oxygen atoms in total. The second-order valence-electron chi connectivity index (χ2n) is 2.90. The summed E-state index contributed by atoms with van der Waals surface area (Å²) in [7, 11) is 0. The van der Waals surface area contributed by atoms with Crippen LogP contribution in [0.2, 0.25) is 0 Å². The van der Waals surface area contributed by atoms with E-state index in [0.717, 1.165) is 18.5 Å². The number of nitrogens with two attached hydrogens (primary N) is 1. The van der Waals surface area contributed by atoms with Crippen molar-refractivity contribution in [2.75, 3.05) is 13.1 Å². The monoisotopic (exact) mass is 98.1 g/mol. The van der Waals surface area contributed by atoms with Crippen LogP contribution in [0, 0.1) is 5.41 Å². The summed E-state index contributed by atoms with van der Waals surface area (Å²) in [4.78, 5) is 0. The van der Waals surface area contributed by atoms with Crippen LogP contribution in [0.5, 0.6) is 0 Å². The molecule has 1 aliphatic heterocycles. The predicted octanol–water partition coefficient (Wildman–Crippen LogP) is -0.0441. The molecule has 0 unspecified atom stereocenters. The molecule has 2 heteroatoms. The molecular formula is C5H10N2. The lowest BCUT2D eigenvalue weighted by Crippen LogP contribution is -2.52. The predicted molar refractivity (Wildman–Crippen MR) is 27.4 cm³/mol. The van der Waals surface area contributed by atoms with Crippen LogP contribution in [-0.2, 0) is 0 Å². The molecule has 2 aliphatic rings. The third-order valence-corrected chi connectivity index (χ3v) is 2.03. The van der Waals surface area contributed by atoms with Crippen molar-refractivity contribution in [1.29, 1.82) is 0 Å². The van der Waals surface area contributed by atoms with Gasteiger partial charge in [-0.15, -0.1) is 0 Å². The quantitative estimate of drug-likeness (QED) is 0.431. The molecule has 0 aromatic carbocycles. The minimum absolute atomic E-state index is 0.745. The number of hydrazine groups is 1. The Bertz CT molecular complexity index is 88.3. The van der Waals surface area contributed by atoms with Crippen molar-refractivity contribution in [2.24, 2.45) is 11.3 Å². The van der Waals surface area contributed by atoms with Gasteiger partial charge in [-0.2, -0.15) is 0 Å². The molecule has 1 saturated heterocycles. The maximum atomic E-state index is 5.43. The van der Waals surface area contributed by atoms with Gasteiger partial charge in [-0.05, 0) is 18.3 Å². The van der Waals surface area contributed by atoms with Crippen LogP contribution in [0.3, 0.4) is 0 Å². The summed E-state index contributed by atoms with van der Waals surface area (Å²) in [5.74, 6) is 5.43. The van der Waals surface area contributed by atoms with Gasteiger partial charge in [-0.3, -0.25) is 5.84 Å². The SMILES string of the molecule is NN1CC2(CC2)C1. The number of hydrogen-bond acceptors (Lipinski definition) is 2. The summed E-state index contributed by atoms with van der Waals surface area (Å²) in [5.41, 5.74) is 0.745. The second kappa shape index (κ2) is 0.858. The molecule has 0 amide bonds. The molecule has 0 aromatic rings. The Hall–Kier alpha value is -0.0800. The van der Waals surface area contributed by atoms with Gasteiger partial charge in [0.05, 0.1) is 0 Å². The van der Waals surface area contributed by atoms with Crippen LogP contribution >= 0.6 is 0 Å². The molecule has 1 aliphatic carbocycles. The van der Waals surface area contributed by atoms with Crippen molar-refractivity contribution in [2.45, 2.75) is 12.8 Å². The summed E-state index contributed by atoms with van der Waals surface area (Å²) in [6.45, 7) is 2.32. The number of nitrogens with zero attached hydrogens (tertiary/aromatic N) is 1. The Morgan fingerprint density at radius 1 is 1.29 bits per heavy atom. The lowest BCUT2D eigenvalue weighted by atomic mass is 10.00. The summed E-state index contributed by atoms with van der Waals surface area (Å²) < 4.78 is 0. The van der Waals surface area contributed by atoms with Crippen LogP contribution < -0.4 is 5.84 Å². The summed E-state index contributed by atoms with van der Waals surface area (Å²) in [6, 6.07) is 0. The average Bonchev–Trinajstić information content (AvgIpc) is 2.14. The first-order valence-corrected chi connectivity index (χ1v) is 2.80. The fourth-order valence-electron chi connectivity index (χ4n) is 1.31. The summed E-state index contributed by atoms with van der Waals surface area (Å²) >= 11 is 0. The van der Waals surface area contributed by atoms with Crippen molar-refractivity contribution in [3.05, 3.63) is 0 Å². The molecule has 0 radical (unpaired) electrons.